The Morgan fingerprint density at radius 2 is 1.17 bits per heavy atom. The second kappa shape index (κ2) is 14.9. The summed E-state index contributed by atoms with van der Waals surface area (Å²) in [7, 11) is 0. The predicted octanol–water partition coefficient (Wildman–Crippen LogP) is 5.85. The number of rotatable bonds is 6. The summed E-state index contributed by atoms with van der Waals surface area (Å²) in [4.78, 5) is 31.0. The largest absolute Gasteiger partial charge is 0.299 e. The van der Waals surface area contributed by atoms with Crippen LogP contribution in [0.15, 0.2) is 116 Å². The van der Waals surface area contributed by atoms with Crippen molar-refractivity contribution < 1.29 is 14.4 Å². The average Bonchev–Trinajstić information content (AvgIpc) is 2.84. The molecule has 0 heterocycles. The van der Waals surface area contributed by atoms with E-state index in [0.29, 0.717) is 11.1 Å². The van der Waals surface area contributed by atoms with E-state index in [1.165, 1.54) is 12.2 Å². The SMILES string of the molecule is C=C(C=O)c1ccccc1.C=CC(=O)c1ccccc1.O=C/C=C/c1ccccc1. The third-order valence-electron chi connectivity index (χ3n) is 3.70. The van der Waals surface area contributed by atoms with Gasteiger partial charge in [-0.2, -0.15) is 0 Å². The first kappa shape index (κ1) is 23.9. The van der Waals surface area contributed by atoms with Crippen LogP contribution in [-0.4, -0.2) is 18.4 Å². The van der Waals surface area contributed by atoms with Crippen molar-refractivity contribution >= 4 is 30.0 Å². The fourth-order valence-electron chi connectivity index (χ4n) is 2.16. The molecule has 3 aromatic carbocycles. The van der Waals surface area contributed by atoms with Gasteiger partial charge < -0.3 is 0 Å². The quantitative estimate of drug-likeness (QED) is 0.298. The van der Waals surface area contributed by atoms with Gasteiger partial charge in [0.1, 0.15) is 12.6 Å². The molecular weight excluding hydrogens is 372 g/mol. The van der Waals surface area contributed by atoms with Gasteiger partial charge in [0, 0.05) is 11.1 Å². The maximum atomic E-state index is 10.9. The Morgan fingerprint density at radius 3 is 1.60 bits per heavy atom. The molecule has 0 aliphatic heterocycles. The lowest BCUT2D eigenvalue weighted by atomic mass is 10.1. The van der Waals surface area contributed by atoms with Crippen molar-refractivity contribution in [1.29, 1.82) is 0 Å². The molecule has 0 bridgehead atoms. The van der Waals surface area contributed by atoms with Crippen molar-refractivity contribution in [3.63, 3.8) is 0 Å². The molecule has 3 nitrogen and oxygen atoms in total. The Hall–Kier alpha value is -4.11. The third-order valence-corrected chi connectivity index (χ3v) is 3.70. The number of carbonyl (C=O) groups excluding carboxylic acids is 3. The highest BCUT2D eigenvalue weighted by atomic mass is 16.1. The van der Waals surface area contributed by atoms with Crippen molar-refractivity contribution in [3.05, 3.63) is 133 Å². The van der Waals surface area contributed by atoms with Crippen LogP contribution in [0.3, 0.4) is 0 Å². The van der Waals surface area contributed by atoms with Crippen LogP contribution in [0.25, 0.3) is 11.6 Å². The lowest BCUT2D eigenvalue weighted by Gasteiger charge is -1.93. The molecule has 30 heavy (non-hydrogen) atoms. The monoisotopic (exact) mass is 396 g/mol. The van der Waals surface area contributed by atoms with Crippen LogP contribution in [0.1, 0.15) is 21.5 Å². The second-order valence-electron chi connectivity index (χ2n) is 5.85. The van der Waals surface area contributed by atoms with Crippen molar-refractivity contribution in [1.82, 2.24) is 0 Å². The Kier molecular flexibility index (Phi) is 11.9. The van der Waals surface area contributed by atoms with Gasteiger partial charge in [0.2, 0.25) is 0 Å². The first-order chi connectivity index (χ1) is 14.6. The van der Waals surface area contributed by atoms with E-state index in [1.54, 1.807) is 18.2 Å². The summed E-state index contributed by atoms with van der Waals surface area (Å²) in [6, 6.07) is 28.2. The van der Waals surface area contributed by atoms with Crippen molar-refractivity contribution in [2.75, 3.05) is 0 Å². The molecule has 3 heteroatoms. The van der Waals surface area contributed by atoms with Crippen LogP contribution < -0.4 is 0 Å². The Bertz CT molecular complexity index is 901. The summed E-state index contributed by atoms with van der Waals surface area (Å²) in [6.07, 6.45) is 6.10. The molecule has 0 spiro atoms. The highest BCUT2D eigenvalue weighted by molar-refractivity contribution is 6.05. The fourth-order valence-corrected chi connectivity index (χ4v) is 2.16. The molecule has 0 unspecified atom stereocenters. The summed E-state index contributed by atoms with van der Waals surface area (Å²) in [5, 5.41) is 0. The lowest BCUT2D eigenvalue weighted by Crippen LogP contribution is -1.90. The Morgan fingerprint density at radius 1 is 0.700 bits per heavy atom. The summed E-state index contributed by atoms with van der Waals surface area (Å²) in [6.45, 7) is 6.96. The van der Waals surface area contributed by atoms with Gasteiger partial charge in [-0.15, -0.1) is 0 Å². The summed E-state index contributed by atoms with van der Waals surface area (Å²) < 4.78 is 0. The summed E-state index contributed by atoms with van der Waals surface area (Å²) >= 11 is 0. The van der Waals surface area contributed by atoms with Crippen LogP contribution >= 0.6 is 0 Å². The van der Waals surface area contributed by atoms with E-state index < -0.39 is 0 Å². The molecule has 0 aliphatic carbocycles. The van der Waals surface area contributed by atoms with Gasteiger partial charge in [0.25, 0.3) is 0 Å². The minimum Gasteiger partial charge on any atom is -0.299 e. The van der Waals surface area contributed by atoms with Crippen LogP contribution in [0, 0.1) is 0 Å². The topological polar surface area (TPSA) is 51.2 Å². The third kappa shape index (κ3) is 9.72. The molecule has 0 fully saturated rings. The number of carbonyl (C=O) groups is 3. The van der Waals surface area contributed by atoms with Gasteiger partial charge in [-0.25, -0.2) is 0 Å². The molecule has 0 atom stereocenters. The van der Waals surface area contributed by atoms with Gasteiger partial charge in [-0.1, -0.05) is 110 Å². The van der Waals surface area contributed by atoms with Crippen molar-refractivity contribution in [3.8, 4) is 0 Å². The Labute approximate surface area is 177 Å². The maximum Gasteiger partial charge on any atom is 0.185 e. The molecule has 3 rings (SSSR count). The molecule has 0 radical (unpaired) electrons. The maximum absolute atomic E-state index is 10.9. The van der Waals surface area contributed by atoms with Crippen LogP contribution in [0.5, 0.6) is 0 Å². The highest BCUT2D eigenvalue weighted by Crippen LogP contribution is 2.07. The molecule has 0 amide bonds. The van der Waals surface area contributed by atoms with E-state index in [-0.39, 0.29) is 5.78 Å². The van der Waals surface area contributed by atoms with Crippen LogP contribution in [0.2, 0.25) is 0 Å². The molecular formula is C27H24O3. The standard InChI is InChI=1S/3C9H8O/c1-8(7-10)9-5-3-2-4-6-9;1-2-9(10)8-6-4-3-5-7-8;10-8-4-7-9-5-2-1-3-6-9/h2*2-7H,1H2;1-8H/b;;7-4+. The number of hydrogen-bond donors (Lipinski definition) is 0. The zero-order valence-corrected chi connectivity index (χ0v) is 16.7. The van der Waals surface area contributed by atoms with Gasteiger partial charge in [0.05, 0.1) is 0 Å². The number of hydrogen-bond acceptors (Lipinski definition) is 3. The van der Waals surface area contributed by atoms with Gasteiger partial charge >= 0.3 is 0 Å². The smallest absolute Gasteiger partial charge is 0.185 e. The lowest BCUT2D eigenvalue weighted by molar-refractivity contribution is -0.104. The van der Waals surface area contributed by atoms with E-state index >= 15 is 0 Å². The average molecular weight is 396 g/mol. The van der Waals surface area contributed by atoms with E-state index in [0.717, 1.165) is 23.7 Å². The van der Waals surface area contributed by atoms with Crippen molar-refractivity contribution in [2.24, 2.45) is 0 Å². The molecule has 0 aliphatic rings. The first-order valence-corrected chi connectivity index (χ1v) is 9.20. The summed E-state index contributed by atoms with van der Waals surface area (Å²) in [5.41, 5.74) is 3.16. The van der Waals surface area contributed by atoms with Gasteiger partial charge in [-0.05, 0) is 23.3 Å². The molecule has 0 aromatic heterocycles. The number of benzene rings is 3. The van der Waals surface area contributed by atoms with Crippen LogP contribution in [-0.2, 0) is 9.59 Å². The van der Waals surface area contributed by atoms with Gasteiger partial charge in [0.15, 0.2) is 5.78 Å². The van der Waals surface area contributed by atoms with E-state index in [1.807, 2.05) is 78.9 Å². The molecule has 150 valence electrons. The highest BCUT2D eigenvalue weighted by Gasteiger charge is 1.96. The normalized spacial score (nSPS) is 9.20. The Balaban J connectivity index is 0.000000225. The molecule has 3 aromatic rings. The fraction of sp³-hybridized carbons (Fsp3) is 0. The molecule has 0 saturated carbocycles. The minimum atomic E-state index is -0.0272. The zero-order valence-electron chi connectivity index (χ0n) is 16.7. The number of aldehydes is 2. The van der Waals surface area contributed by atoms with Gasteiger partial charge in [-0.3, -0.25) is 14.4 Å². The van der Waals surface area contributed by atoms with E-state index in [2.05, 4.69) is 13.2 Å². The van der Waals surface area contributed by atoms with Crippen molar-refractivity contribution in [2.45, 2.75) is 0 Å². The first-order valence-electron chi connectivity index (χ1n) is 9.20. The molecule has 0 N–H and O–H groups in total. The van der Waals surface area contributed by atoms with E-state index in [4.69, 9.17) is 0 Å². The predicted molar refractivity (Wildman–Crippen MR) is 124 cm³/mol. The number of allylic oxidation sites excluding steroid dienone is 3. The molecule has 0 saturated heterocycles. The number of ketones is 1. The zero-order chi connectivity index (χ0) is 22.0. The van der Waals surface area contributed by atoms with Crippen LogP contribution in [0.4, 0.5) is 0 Å². The minimum absolute atomic E-state index is 0.0272. The van der Waals surface area contributed by atoms with E-state index in [9.17, 15) is 14.4 Å². The summed E-state index contributed by atoms with van der Waals surface area (Å²) in [5.74, 6) is -0.0272. The second-order valence-corrected chi connectivity index (χ2v) is 5.85.